The second kappa shape index (κ2) is 17.3. The molecule has 0 aliphatic heterocycles. The van der Waals surface area contributed by atoms with Crippen molar-refractivity contribution in [1.82, 2.24) is 0 Å². The molecule has 0 aliphatic carbocycles. The molecule has 0 spiro atoms. The minimum absolute atomic E-state index is 1.20. The minimum Gasteiger partial charge on any atom is -0.0623 e. The first-order valence-electron chi connectivity index (χ1n) is 21.5. The van der Waals surface area contributed by atoms with Gasteiger partial charge in [-0.05, 0) is 93.1 Å². The van der Waals surface area contributed by atoms with Crippen molar-refractivity contribution in [1.29, 1.82) is 0 Å². The highest BCUT2D eigenvalue weighted by Crippen LogP contribution is 2.33. The molecule has 0 saturated heterocycles. The Labute approximate surface area is 368 Å². The third kappa shape index (κ3) is 7.10. The van der Waals surface area contributed by atoms with E-state index in [1.807, 2.05) is 0 Å². The van der Waals surface area contributed by atoms with Crippen LogP contribution >= 0.6 is 0 Å². The standard InChI is InChI=1S/C60H46Si2/c1-9-25-47(26-10-1)49-41-50(48-27-11-2-12-28-48)43-51(42-49)52-44-59(61(53-29-13-3-14-30-53,54-31-15-4-16-32-54)55-33-17-5-18-34-55)46-60(45-52)62(56-35-19-6-20-36-56,57-37-21-7-22-38-57)58-39-23-8-24-40-58/h1-46H. The first-order chi connectivity index (χ1) is 30.7. The van der Waals surface area contributed by atoms with Crippen molar-refractivity contribution in [2.24, 2.45) is 0 Å². The summed E-state index contributed by atoms with van der Waals surface area (Å²) in [5, 5.41) is 10.9. The zero-order chi connectivity index (χ0) is 41.6. The summed E-state index contributed by atoms with van der Waals surface area (Å²) in [6.45, 7) is 0. The van der Waals surface area contributed by atoms with Crippen LogP contribution in [0.3, 0.4) is 0 Å². The largest absolute Gasteiger partial charge is 0.179 e. The van der Waals surface area contributed by atoms with E-state index in [4.69, 9.17) is 0 Å². The van der Waals surface area contributed by atoms with Gasteiger partial charge in [-0.15, -0.1) is 0 Å². The molecule has 0 amide bonds. The van der Waals surface area contributed by atoms with Crippen LogP contribution in [0.15, 0.2) is 279 Å². The Morgan fingerprint density at radius 2 is 0.339 bits per heavy atom. The van der Waals surface area contributed by atoms with Crippen LogP contribution in [-0.4, -0.2) is 16.1 Å². The summed E-state index contributed by atoms with van der Waals surface area (Å²) in [5.41, 5.74) is 7.21. The molecule has 10 rings (SSSR count). The maximum Gasteiger partial charge on any atom is 0.179 e. The van der Waals surface area contributed by atoms with E-state index in [0.717, 1.165) is 0 Å². The summed E-state index contributed by atoms with van der Waals surface area (Å²) in [6.07, 6.45) is 0. The molecule has 10 aromatic rings. The van der Waals surface area contributed by atoms with Gasteiger partial charge in [0.05, 0.1) is 0 Å². The molecule has 0 heterocycles. The molecular weight excluding hydrogens is 777 g/mol. The molecule has 0 saturated carbocycles. The predicted molar refractivity (Wildman–Crippen MR) is 270 cm³/mol. The minimum atomic E-state index is -3.01. The van der Waals surface area contributed by atoms with Gasteiger partial charge in [-0.1, -0.05) is 261 Å². The summed E-state index contributed by atoms with van der Waals surface area (Å²) in [7, 11) is -6.02. The van der Waals surface area contributed by atoms with Crippen LogP contribution in [0, 0.1) is 0 Å². The quantitative estimate of drug-likeness (QED) is 0.0902. The van der Waals surface area contributed by atoms with Crippen molar-refractivity contribution in [3.05, 3.63) is 279 Å². The summed E-state index contributed by atoms with van der Waals surface area (Å²) in [6, 6.07) is 105. The number of benzene rings is 10. The molecule has 0 fully saturated rings. The van der Waals surface area contributed by atoms with Gasteiger partial charge in [-0.3, -0.25) is 0 Å². The predicted octanol–water partition coefficient (Wildman–Crippen LogP) is 9.44. The maximum absolute atomic E-state index is 3.01. The van der Waals surface area contributed by atoms with Crippen LogP contribution in [0.2, 0.25) is 0 Å². The third-order valence-corrected chi connectivity index (χ3v) is 22.0. The molecule has 294 valence electrons. The highest BCUT2D eigenvalue weighted by atomic mass is 28.3. The molecule has 2 heteroatoms. The Morgan fingerprint density at radius 1 is 0.145 bits per heavy atom. The van der Waals surface area contributed by atoms with Gasteiger partial charge in [0, 0.05) is 0 Å². The van der Waals surface area contributed by atoms with Crippen LogP contribution in [0.5, 0.6) is 0 Å². The molecule has 0 N–H and O–H groups in total. The van der Waals surface area contributed by atoms with E-state index < -0.39 is 16.1 Å². The van der Waals surface area contributed by atoms with Gasteiger partial charge in [0.25, 0.3) is 0 Å². The van der Waals surface area contributed by atoms with Gasteiger partial charge in [0.15, 0.2) is 16.1 Å². The Kier molecular flexibility index (Phi) is 10.8. The Bertz CT molecular complexity index is 2620. The van der Waals surface area contributed by atoms with Crippen molar-refractivity contribution in [3.8, 4) is 33.4 Å². The molecule has 0 aromatic heterocycles. The molecule has 0 nitrogen and oxygen atoms in total. The topological polar surface area (TPSA) is 0 Å². The average Bonchev–Trinajstić information content (AvgIpc) is 3.37. The van der Waals surface area contributed by atoms with E-state index in [-0.39, 0.29) is 0 Å². The average molecular weight is 823 g/mol. The lowest BCUT2D eigenvalue weighted by atomic mass is 9.93. The van der Waals surface area contributed by atoms with E-state index in [9.17, 15) is 0 Å². The summed E-state index contributed by atoms with van der Waals surface area (Å²) in [5.74, 6) is 0. The maximum atomic E-state index is 2.64. The Hall–Kier alpha value is -7.37. The molecule has 10 aromatic carbocycles. The lowest BCUT2D eigenvalue weighted by Gasteiger charge is -2.38. The lowest BCUT2D eigenvalue weighted by molar-refractivity contribution is 1.57. The van der Waals surface area contributed by atoms with Crippen molar-refractivity contribution < 1.29 is 0 Å². The second-order valence-corrected chi connectivity index (χ2v) is 23.6. The molecule has 62 heavy (non-hydrogen) atoms. The fraction of sp³-hybridized carbons (Fsp3) is 0. The number of rotatable bonds is 11. The van der Waals surface area contributed by atoms with Gasteiger partial charge in [-0.25, -0.2) is 0 Å². The fourth-order valence-electron chi connectivity index (χ4n) is 9.74. The lowest BCUT2D eigenvalue weighted by Crippen LogP contribution is -2.78. The fourth-order valence-corrected chi connectivity index (χ4v) is 19.5. The third-order valence-electron chi connectivity index (χ3n) is 12.5. The summed E-state index contributed by atoms with van der Waals surface area (Å²) in [4.78, 5) is 0. The SMILES string of the molecule is c1ccc(-c2cc(-c3ccccc3)cc(-c3cc([Si](c4ccccc4)(c4ccccc4)c4ccccc4)cc([Si](c4ccccc4)(c4ccccc4)c4ccccc4)c3)c2)cc1. The molecule has 0 atom stereocenters. The molecule has 0 radical (unpaired) electrons. The monoisotopic (exact) mass is 822 g/mol. The van der Waals surface area contributed by atoms with E-state index in [0.29, 0.717) is 0 Å². The van der Waals surface area contributed by atoms with E-state index in [1.54, 1.807) is 0 Å². The van der Waals surface area contributed by atoms with Crippen LogP contribution in [-0.2, 0) is 0 Å². The van der Waals surface area contributed by atoms with Gasteiger partial charge < -0.3 is 0 Å². The van der Waals surface area contributed by atoms with Crippen LogP contribution in [0.25, 0.3) is 33.4 Å². The first kappa shape index (κ1) is 38.8. The molecule has 0 unspecified atom stereocenters. The van der Waals surface area contributed by atoms with E-state index in [1.165, 1.54) is 74.9 Å². The first-order valence-corrected chi connectivity index (χ1v) is 25.5. The van der Waals surface area contributed by atoms with Gasteiger partial charge in [0.2, 0.25) is 0 Å². The van der Waals surface area contributed by atoms with Crippen LogP contribution in [0.1, 0.15) is 0 Å². The normalized spacial score (nSPS) is 11.5. The zero-order valence-electron chi connectivity index (χ0n) is 34.6. The number of hydrogen-bond acceptors (Lipinski definition) is 0. The highest BCUT2D eigenvalue weighted by molar-refractivity contribution is 7.22. The van der Waals surface area contributed by atoms with Crippen LogP contribution in [0.4, 0.5) is 0 Å². The van der Waals surface area contributed by atoms with Crippen molar-refractivity contribution >= 4 is 57.6 Å². The smallest absolute Gasteiger partial charge is 0.0623 e. The summed E-state index contributed by atoms with van der Waals surface area (Å²) < 4.78 is 0. The number of hydrogen-bond donors (Lipinski definition) is 0. The van der Waals surface area contributed by atoms with Crippen molar-refractivity contribution in [2.75, 3.05) is 0 Å². The van der Waals surface area contributed by atoms with Gasteiger partial charge in [0.1, 0.15) is 0 Å². The zero-order valence-corrected chi connectivity index (χ0v) is 36.6. The van der Waals surface area contributed by atoms with Crippen molar-refractivity contribution in [2.45, 2.75) is 0 Å². The van der Waals surface area contributed by atoms with Gasteiger partial charge in [-0.2, -0.15) is 0 Å². The summed E-state index contributed by atoms with van der Waals surface area (Å²) >= 11 is 0. The molecular formula is C60H46Si2. The van der Waals surface area contributed by atoms with Crippen LogP contribution < -0.4 is 41.5 Å². The highest BCUT2D eigenvalue weighted by Gasteiger charge is 2.46. The second-order valence-electron chi connectivity index (χ2n) is 16.0. The van der Waals surface area contributed by atoms with E-state index in [2.05, 4.69) is 279 Å². The van der Waals surface area contributed by atoms with Crippen molar-refractivity contribution in [3.63, 3.8) is 0 Å². The molecule has 0 aliphatic rings. The molecule has 0 bridgehead atoms. The Morgan fingerprint density at radius 3 is 0.581 bits per heavy atom. The van der Waals surface area contributed by atoms with Gasteiger partial charge >= 0.3 is 0 Å². The Balaban J connectivity index is 1.40. The van der Waals surface area contributed by atoms with E-state index >= 15 is 0 Å².